The predicted octanol–water partition coefficient (Wildman–Crippen LogP) is 3.65. The highest BCUT2D eigenvalue weighted by Gasteiger charge is 2.23. The molecule has 0 bridgehead atoms. The monoisotopic (exact) mass is 324 g/mol. The van der Waals surface area contributed by atoms with Gasteiger partial charge >= 0.3 is 6.09 Å². The van der Waals surface area contributed by atoms with Crippen molar-refractivity contribution >= 4 is 6.09 Å². The molecule has 1 fully saturated rings. The molecule has 3 rings (SSSR count). The van der Waals surface area contributed by atoms with Gasteiger partial charge in [0.25, 0.3) is 0 Å². The number of carbonyl (C=O) groups is 1. The Morgan fingerprint density at radius 1 is 1.08 bits per heavy atom. The molecule has 2 aromatic rings. The van der Waals surface area contributed by atoms with Crippen LogP contribution in [0.1, 0.15) is 30.0 Å². The molecule has 2 aromatic carbocycles. The lowest BCUT2D eigenvalue weighted by molar-refractivity contribution is 0.136. The van der Waals surface area contributed by atoms with Crippen LogP contribution in [0.2, 0.25) is 0 Å². The second kappa shape index (κ2) is 8.50. The fourth-order valence-corrected chi connectivity index (χ4v) is 3.12. The molecule has 1 heterocycles. The van der Waals surface area contributed by atoms with Crippen LogP contribution in [-0.4, -0.2) is 19.2 Å². The van der Waals surface area contributed by atoms with Gasteiger partial charge in [-0.2, -0.15) is 0 Å². The van der Waals surface area contributed by atoms with Crippen molar-refractivity contribution in [1.29, 1.82) is 0 Å². The van der Waals surface area contributed by atoms with Gasteiger partial charge in [0.15, 0.2) is 0 Å². The quantitative estimate of drug-likeness (QED) is 0.882. The van der Waals surface area contributed by atoms with Gasteiger partial charge in [0.05, 0.1) is 0 Å². The number of rotatable bonds is 5. The molecule has 1 amide bonds. The molecule has 126 valence electrons. The summed E-state index contributed by atoms with van der Waals surface area (Å²) in [7, 11) is 0. The first-order chi connectivity index (χ1) is 11.8. The van der Waals surface area contributed by atoms with Crippen molar-refractivity contribution in [2.45, 2.75) is 25.5 Å². The molecule has 1 aliphatic heterocycles. The third-order valence-electron chi connectivity index (χ3n) is 4.46. The van der Waals surface area contributed by atoms with Crippen molar-refractivity contribution in [3.63, 3.8) is 0 Å². The lowest BCUT2D eigenvalue weighted by Crippen LogP contribution is -2.38. The molecule has 0 unspecified atom stereocenters. The maximum atomic E-state index is 11.9. The van der Waals surface area contributed by atoms with E-state index in [4.69, 9.17) is 4.74 Å². The lowest BCUT2D eigenvalue weighted by atomic mass is 9.89. The number of nitrogens with one attached hydrogen (secondary N) is 2. The van der Waals surface area contributed by atoms with E-state index in [2.05, 4.69) is 34.9 Å². The molecule has 4 heteroatoms. The van der Waals surface area contributed by atoms with E-state index in [1.807, 2.05) is 36.4 Å². The van der Waals surface area contributed by atoms with Crippen LogP contribution in [0, 0.1) is 5.92 Å². The van der Waals surface area contributed by atoms with Gasteiger partial charge in [0.2, 0.25) is 0 Å². The first kappa shape index (κ1) is 16.5. The summed E-state index contributed by atoms with van der Waals surface area (Å²) >= 11 is 0. The summed E-state index contributed by atoms with van der Waals surface area (Å²) in [6.45, 7) is 1.95. The zero-order chi connectivity index (χ0) is 16.6. The van der Waals surface area contributed by atoms with Crippen molar-refractivity contribution in [3.05, 3.63) is 71.8 Å². The molecule has 1 aliphatic rings. The van der Waals surface area contributed by atoms with Gasteiger partial charge in [0.1, 0.15) is 6.61 Å². The highest BCUT2D eigenvalue weighted by molar-refractivity contribution is 5.67. The van der Waals surface area contributed by atoms with Crippen LogP contribution >= 0.6 is 0 Å². The average molecular weight is 324 g/mol. The van der Waals surface area contributed by atoms with Crippen LogP contribution in [0.15, 0.2) is 60.7 Å². The summed E-state index contributed by atoms with van der Waals surface area (Å²) in [5, 5.41) is 6.46. The molecule has 2 N–H and O–H groups in total. The van der Waals surface area contributed by atoms with E-state index in [0.717, 1.165) is 24.9 Å². The normalized spacial score (nSPS) is 20.3. The SMILES string of the molecule is O=C(NC[C@@H]1CCN[C@H](c2ccccc2)C1)OCc1ccccc1. The van der Waals surface area contributed by atoms with E-state index in [1.165, 1.54) is 5.56 Å². The third-order valence-corrected chi connectivity index (χ3v) is 4.46. The summed E-state index contributed by atoms with van der Waals surface area (Å²) in [6, 6.07) is 20.6. The Kier molecular flexibility index (Phi) is 5.85. The smallest absolute Gasteiger partial charge is 0.407 e. The van der Waals surface area contributed by atoms with E-state index >= 15 is 0 Å². The summed E-state index contributed by atoms with van der Waals surface area (Å²) in [5.41, 5.74) is 2.31. The van der Waals surface area contributed by atoms with Gasteiger partial charge in [0, 0.05) is 12.6 Å². The fourth-order valence-electron chi connectivity index (χ4n) is 3.12. The molecule has 0 saturated carbocycles. The van der Waals surface area contributed by atoms with Gasteiger partial charge < -0.3 is 15.4 Å². The van der Waals surface area contributed by atoms with E-state index in [1.54, 1.807) is 0 Å². The number of piperidine rings is 1. The maximum absolute atomic E-state index is 11.9. The predicted molar refractivity (Wildman–Crippen MR) is 94.5 cm³/mol. The van der Waals surface area contributed by atoms with Crippen LogP contribution in [0.25, 0.3) is 0 Å². The molecule has 0 aromatic heterocycles. The summed E-state index contributed by atoms with van der Waals surface area (Å²) in [5.74, 6) is 0.473. The Morgan fingerprint density at radius 2 is 1.79 bits per heavy atom. The molecule has 0 spiro atoms. The van der Waals surface area contributed by atoms with Gasteiger partial charge in [-0.25, -0.2) is 4.79 Å². The van der Waals surface area contributed by atoms with Crippen LogP contribution in [-0.2, 0) is 11.3 Å². The van der Waals surface area contributed by atoms with Crippen molar-refractivity contribution in [2.75, 3.05) is 13.1 Å². The minimum Gasteiger partial charge on any atom is -0.445 e. The number of benzene rings is 2. The second-order valence-corrected chi connectivity index (χ2v) is 6.25. The van der Waals surface area contributed by atoms with Crippen LogP contribution in [0.3, 0.4) is 0 Å². The van der Waals surface area contributed by atoms with E-state index in [9.17, 15) is 4.79 Å². The highest BCUT2D eigenvalue weighted by Crippen LogP contribution is 2.26. The summed E-state index contributed by atoms with van der Waals surface area (Å²) < 4.78 is 5.26. The number of hydrogen-bond donors (Lipinski definition) is 2. The summed E-state index contributed by atoms with van der Waals surface area (Å²) in [6.07, 6.45) is 1.76. The molecule has 0 aliphatic carbocycles. The maximum Gasteiger partial charge on any atom is 0.407 e. The van der Waals surface area contributed by atoms with Gasteiger partial charge in [-0.1, -0.05) is 60.7 Å². The number of amides is 1. The number of hydrogen-bond acceptors (Lipinski definition) is 3. The van der Waals surface area contributed by atoms with E-state index in [0.29, 0.717) is 25.1 Å². The lowest BCUT2D eigenvalue weighted by Gasteiger charge is -2.30. The van der Waals surface area contributed by atoms with Crippen molar-refractivity contribution in [2.24, 2.45) is 5.92 Å². The third kappa shape index (κ3) is 4.83. The zero-order valence-corrected chi connectivity index (χ0v) is 13.8. The topological polar surface area (TPSA) is 50.4 Å². The standard InChI is InChI=1S/C20H24N2O2/c23-20(24-15-16-7-3-1-4-8-16)22-14-17-11-12-21-19(13-17)18-9-5-2-6-10-18/h1-10,17,19,21H,11-15H2,(H,22,23)/t17-,19+/m1/s1. The minimum absolute atomic E-state index is 0.311. The fraction of sp³-hybridized carbons (Fsp3) is 0.350. The molecular formula is C20H24N2O2. The van der Waals surface area contributed by atoms with E-state index < -0.39 is 0 Å². The number of ether oxygens (including phenoxy) is 1. The van der Waals surface area contributed by atoms with E-state index in [-0.39, 0.29) is 6.09 Å². The molecular weight excluding hydrogens is 300 g/mol. The Balaban J connectivity index is 1.42. The summed E-state index contributed by atoms with van der Waals surface area (Å²) in [4.78, 5) is 11.9. The number of alkyl carbamates (subject to hydrolysis) is 1. The van der Waals surface area contributed by atoms with Crippen LogP contribution in [0.4, 0.5) is 4.79 Å². The zero-order valence-electron chi connectivity index (χ0n) is 13.8. The largest absolute Gasteiger partial charge is 0.445 e. The Hall–Kier alpha value is -2.33. The Bertz CT molecular complexity index is 631. The Labute approximate surface area is 143 Å². The molecule has 0 radical (unpaired) electrons. The van der Waals surface area contributed by atoms with Crippen LogP contribution in [0.5, 0.6) is 0 Å². The highest BCUT2D eigenvalue weighted by atomic mass is 16.5. The molecule has 2 atom stereocenters. The number of carbonyl (C=O) groups excluding carboxylic acids is 1. The second-order valence-electron chi connectivity index (χ2n) is 6.25. The van der Waals surface area contributed by atoms with Crippen LogP contribution < -0.4 is 10.6 Å². The minimum atomic E-state index is -0.339. The van der Waals surface area contributed by atoms with Crippen molar-refractivity contribution < 1.29 is 9.53 Å². The van der Waals surface area contributed by atoms with Gasteiger partial charge in [-0.05, 0) is 36.4 Å². The molecule has 1 saturated heterocycles. The molecule has 4 nitrogen and oxygen atoms in total. The Morgan fingerprint density at radius 3 is 2.54 bits per heavy atom. The van der Waals surface area contributed by atoms with Gasteiger partial charge in [-0.15, -0.1) is 0 Å². The van der Waals surface area contributed by atoms with Gasteiger partial charge in [-0.3, -0.25) is 0 Å². The average Bonchev–Trinajstić information content (AvgIpc) is 2.66. The first-order valence-electron chi connectivity index (χ1n) is 8.54. The first-order valence-corrected chi connectivity index (χ1v) is 8.54. The molecule has 24 heavy (non-hydrogen) atoms. The van der Waals surface area contributed by atoms with Crippen molar-refractivity contribution in [3.8, 4) is 0 Å². The van der Waals surface area contributed by atoms with Crippen molar-refractivity contribution in [1.82, 2.24) is 10.6 Å².